The average molecular weight is 210 g/mol. The van der Waals surface area contributed by atoms with Crippen molar-refractivity contribution in [2.24, 2.45) is 5.84 Å². The van der Waals surface area contributed by atoms with Crippen molar-refractivity contribution in [3.05, 3.63) is 21.8 Å². The molecule has 0 bridgehead atoms. The number of nitrogens with two attached hydrogens (primary N) is 1. The smallest absolute Gasteiger partial charge is 0.149 e. The predicted octanol–water partition coefficient (Wildman–Crippen LogP) is 0.887. The first-order chi connectivity index (χ1) is 6.59. The van der Waals surface area contributed by atoms with E-state index < -0.39 is 0 Å². The molecule has 0 aromatic carbocycles. The number of aromatic nitrogens is 1. The molecule has 0 saturated carbocycles. The molecule has 2 rings (SSSR count). The molecule has 0 saturated heterocycles. The molecule has 1 aromatic rings. The average Bonchev–Trinajstić information content (AvgIpc) is 2.60. The number of thiazole rings is 1. The van der Waals surface area contributed by atoms with Gasteiger partial charge in [-0.25, -0.2) is 10.8 Å². The van der Waals surface area contributed by atoms with E-state index in [2.05, 4.69) is 4.98 Å². The van der Waals surface area contributed by atoms with Gasteiger partial charge in [-0.15, -0.1) is 11.3 Å². The van der Waals surface area contributed by atoms with E-state index in [-0.39, 0.29) is 18.1 Å². The first-order valence-electron chi connectivity index (χ1n) is 4.05. The lowest BCUT2D eigenvalue weighted by molar-refractivity contribution is 0.355. The summed E-state index contributed by atoms with van der Waals surface area (Å²) in [6.45, 7) is 2.06. The van der Waals surface area contributed by atoms with Gasteiger partial charge in [-0.3, -0.25) is 10.4 Å². The minimum atomic E-state index is 0.117. The maximum Gasteiger partial charge on any atom is 0.149 e. The Morgan fingerprint density at radius 2 is 2.43 bits per heavy atom. The van der Waals surface area contributed by atoms with Crippen LogP contribution in [0.1, 0.15) is 10.7 Å². The van der Waals surface area contributed by atoms with Crippen LogP contribution < -0.4 is 5.84 Å². The molecular formula is C8H10N4OS. The molecule has 0 amide bonds. The highest BCUT2D eigenvalue weighted by molar-refractivity contribution is 7.11. The van der Waals surface area contributed by atoms with E-state index in [4.69, 9.17) is 11.3 Å². The van der Waals surface area contributed by atoms with Gasteiger partial charge in [-0.05, 0) is 6.92 Å². The van der Waals surface area contributed by atoms with E-state index in [9.17, 15) is 5.11 Å². The largest absolute Gasteiger partial charge is 0.509 e. The van der Waals surface area contributed by atoms with Crippen LogP contribution in [0.2, 0.25) is 0 Å². The highest BCUT2D eigenvalue weighted by atomic mass is 32.1. The summed E-state index contributed by atoms with van der Waals surface area (Å²) in [5, 5.41) is 20.9. The number of aliphatic hydroxyl groups excluding tert-OH is 1. The van der Waals surface area contributed by atoms with Gasteiger partial charge < -0.3 is 5.11 Å². The van der Waals surface area contributed by atoms with Crippen molar-refractivity contribution < 1.29 is 5.11 Å². The normalized spacial score (nSPS) is 17.0. The highest BCUT2D eigenvalue weighted by Crippen LogP contribution is 2.27. The van der Waals surface area contributed by atoms with Crippen LogP contribution in [-0.2, 0) is 0 Å². The molecule has 14 heavy (non-hydrogen) atoms. The monoisotopic (exact) mass is 210 g/mol. The Bertz CT molecular complexity index is 423. The maximum atomic E-state index is 9.58. The molecule has 1 aliphatic rings. The topological polar surface area (TPSA) is 86.2 Å². The quantitative estimate of drug-likeness (QED) is 0.601. The lowest BCUT2D eigenvalue weighted by Gasteiger charge is -2.08. The third-order valence-electron chi connectivity index (χ3n) is 1.97. The summed E-state index contributed by atoms with van der Waals surface area (Å²) in [5.74, 6) is 5.73. The third kappa shape index (κ3) is 1.28. The fraction of sp³-hybridized carbons (Fsp3) is 0.250. The van der Waals surface area contributed by atoms with E-state index in [1.54, 1.807) is 0 Å². The molecular weight excluding hydrogens is 200 g/mol. The van der Waals surface area contributed by atoms with Gasteiger partial charge in [0.25, 0.3) is 0 Å². The molecule has 2 heterocycles. The van der Waals surface area contributed by atoms with Crippen LogP contribution in [0.25, 0.3) is 5.57 Å². The Morgan fingerprint density at radius 1 is 1.71 bits per heavy atom. The Morgan fingerprint density at radius 3 is 2.86 bits per heavy atom. The number of aryl methyl sites for hydroxylation is 1. The predicted molar refractivity (Wildman–Crippen MR) is 55.0 cm³/mol. The number of nitrogens with one attached hydrogen (secondary N) is 1. The van der Waals surface area contributed by atoms with Crippen LogP contribution in [0.15, 0.2) is 11.1 Å². The summed E-state index contributed by atoms with van der Waals surface area (Å²) in [6, 6.07) is 0. The summed E-state index contributed by atoms with van der Waals surface area (Å²) in [7, 11) is 0. The SMILES string of the molecule is Cc1csc(C2=C(O)CN(N)C2=N)n1. The molecule has 5 nitrogen and oxygen atoms in total. The highest BCUT2D eigenvalue weighted by Gasteiger charge is 2.27. The van der Waals surface area contributed by atoms with Crippen LogP contribution >= 0.6 is 11.3 Å². The zero-order valence-electron chi connectivity index (χ0n) is 7.61. The summed E-state index contributed by atoms with van der Waals surface area (Å²) in [5.41, 5.74) is 1.33. The Hall–Kier alpha value is -1.40. The maximum absolute atomic E-state index is 9.58. The van der Waals surface area contributed by atoms with Gasteiger partial charge in [-0.2, -0.15) is 0 Å². The van der Waals surface area contributed by atoms with Crippen molar-refractivity contribution in [1.82, 2.24) is 9.99 Å². The number of hydrazine groups is 1. The molecule has 0 fully saturated rings. The molecule has 1 aliphatic heterocycles. The van der Waals surface area contributed by atoms with Crippen LogP contribution in [0.5, 0.6) is 0 Å². The first kappa shape index (κ1) is 9.17. The van der Waals surface area contributed by atoms with E-state index in [1.807, 2.05) is 12.3 Å². The molecule has 1 aromatic heterocycles. The van der Waals surface area contributed by atoms with Crippen molar-refractivity contribution in [1.29, 1.82) is 5.41 Å². The minimum absolute atomic E-state index is 0.117. The molecule has 4 N–H and O–H groups in total. The van der Waals surface area contributed by atoms with Crippen LogP contribution in [0.4, 0.5) is 0 Å². The summed E-state index contributed by atoms with van der Waals surface area (Å²) >= 11 is 1.40. The minimum Gasteiger partial charge on any atom is -0.509 e. The fourth-order valence-electron chi connectivity index (χ4n) is 1.29. The van der Waals surface area contributed by atoms with Crippen LogP contribution in [0, 0.1) is 12.3 Å². The van der Waals surface area contributed by atoms with Gasteiger partial charge in [0.2, 0.25) is 0 Å². The fourth-order valence-corrected chi connectivity index (χ4v) is 2.16. The zero-order valence-corrected chi connectivity index (χ0v) is 8.43. The van der Waals surface area contributed by atoms with E-state index in [1.165, 1.54) is 16.3 Å². The second-order valence-electron chi connectivity index (χ2n) is 3.09. The summed E-state index contributed by atoms with van der Waals surface area (Å²) in [4.78, 5) is 4.21. The second kappa shape index (κ2) is 3.07. The first-order valence-corrected chi connectivity index (χ1v) is 4.93. The van der Waals surface area contributed by atoms with Gasteiger partial charge >= 0.3 is 0 Å². The molecule has 0 radical (unpaired) electrons. The van der Waals surface area contributed by atoms with E-state index in [0.29, 0.717) is 10.6 Å². The van der Waals surface area contributed by atoms with E-state index in [0.717, 1.165) is 5.69 Å². The molecule has 6 heteroatoms. The second-order valence-corrected chi connectivity index (χ2v) is 3.95. The molecule has 74 valence electrons. The number of rotatable bonds is 1. The molecule has 0 unspecified atom stereocenters. The molecule has 0 atom stereocenters. The van der Waals surface area contributed by atoms with Gasteiger partial charge in [0, 0.05) is 11.1 Å². The Balaban J connectivity index is 2.44. The third-order valence-corrected chi connectivity index (χ3v) is 2.94. The van der Waals surface area contributed by atoms with Crippen molar-refractivity contribution in [2.75, 3.05) is 6.54 Å². The van der Waals surface area contributed by atoms with Gasteiger partial charge in [0.15, 0.2) is 0 Å². The molecule has 0 spiro atoms. The van der Waals surface area contributed by atoms with Crippen molar-refractivity contribution in [3.8, 4) is 0 Å². The Labute approximate surface area is 85.0 Å². The summed E-state index contributed by atoms with van der Waals surface area (Å²) < 4.78 is 0. The standard InChI is InChI=1S/C8H10N4OS/c1-4-3-14-8(11-4)6-5(13)2-12(10)7(6)9/h3,9,13H,2,10H2,1H3. The number of hydrogen-bond donors (Lipinski definition) is 3. The lowest BCUT2D eigenvalue weighted by atomic mass is 10.2. The van der Waals surface area contributed by atoms with E-state index >= 15 is 0 Å². The summed E-state index contributed by atoms with van der Waals surface area (Å²) in [6.07, 6.45) is 0. The number of amidine groups is 1. The van der Waals surface area contributed by atoms with Crippen molar-refractivity contribution in [3.63, 3.8) is 0 Å². The lowest BCUT2D eigenvalue weighted by Crippen LogP contribution is -2.33. The Kier molecular flexibility index (Phi) is 2.01. The van der Waals surface area contributed by atoms with Crippen LogP contribution in [-0.4, -0.2) is 27.5 Å². The number of hydrogen-bond acceptors (Lipinski definition) is 5. The van der Waals surface area contributed by atoms with Crippen molar-refractivity contribution in [2.45, 2.75) is 6.92 Å². The van der Waals surface area contributed by atoms with Gasteiger partial charge in [0.05, 0.1) is 12.1 Å². The number of aliphatic hydroxyl groups is 1. The van der Waals surface area contributed by atoms with Crippen molar-refractivity contribution >= 4 is 22.7 Å². The van der Waals surface area contributed by atoms with Gasteiger partial charge in [0.1, 0.15) is 16.6 Å². The molecule has 0 aliphatic carbocycles. The zero-order chi connectivity index (χ0) is 10.3. The van der Waals surface area contributed by atoms with Gasteiger partial charge in [-0.1, -0.05) is 0 Å². The van der Waals surface area contributed by atoms with Crippen LogP contribution in [0.3, 0.4) is 0 Å². The number of nitrogens with zero attached hydrogens (tertiary/aromatic N) is 2.